The van der Waals surface area contributed by atoms with Gasteiger partial charge < -0.3 is 24.6 Å². The summed E-state index contributed by atoms with van der Waals surface area (Å²) in [5.41, 5.74) is 6.37. The van der Waals surface area contributed by atoms with Crippen LogP contribution in [0.4, 0.5) is 4.79 Å². The van der Waals surface area contributed by atoms with Gasteiger partial charge in [0.05, 0.1) is 19.8 Å². The van der Waals surface area contributed by atoms with Gasteiger partial charge in [-0.1, -0.05) is 72.8 Å². The molecule has 204 valence electrons. The van der Waals surface area contributed by atoms with Gasteiger partial charge in [0.2, 0.25) is 0 Å². The second kappa shape index (κ2) is 12.4. The van der Waals surface area contributed by atoms with Gasteiger partial charge in [0, 0.05) is 12.3 Å². The van der Waals surface area contributed by atoms with Crippen molar-refractivity contribution in [2.24, 2.45) is 0 Å². The summed E-state index contributed by atoms with van der Waals surface area (Å²) in [7, 11) is 1.61. The minimum absolute atomic E-state index is 0.0323. The molecular weight excluding hydrogens is 506 g/mol. The first-order valence-electron chi connectivity index (χ1n) is 13.2. The number of hydrogen-bond acceptors (Lipinski definition) is 5. The van der Waals surface area contributed by atoms with Crippen LogP contribution >= 0.6 is 0 Å². The zero-order valence-electron chi connectivity index (χ0n) is 22.2. The maximum atomic E-state index is 13.2. The molecule has 1 atom stereocenters. The van der Waals surface area contributed by atoms with Crippen molar-refractivity contribution in [3.05, 3.63) is 119 Å². The van der Waals surface area contributed by atoms with Crippen molar-refractivity contribution >= 4 is 12.1 Å². The Balaban J connectivity index is 1.30. The number of hydrogen-bond donors (Lipinski definition) is 2. The zero-order valence-corrected chi connectivity index (χ0v) is 22.2. The maximum Gasteiger partial charge on any atom is 0.407 e. The molecule has 0 spiro atoms. The van der Waals surface area contributed by atoms with Gasteiger partial charge in [-0.3, -0.25) is 4.79 Å². The van der Waals surface area contributed by atoms with Crippen LogP contribution in [-0.4, -0.2) is 37.5 Å². The highest BCUT2D eigenvalue weighted by Gasteiger charge is 2.29. The minimum Gasteiger partial charge on any atom is -0.497 e. The Morgan fingerprint density at radius 3 is 1.90 bits per heavy atom. The van der Waals surface area contributed by atoms with Crippen LogP contribution in [0.3, 0.4) is 0 Å². The number of methoxy groups -OCH3 is 1. The highest BCUT2D eigenvalue weighted by molar-refractivity contribution is 5.79. The van der Waals surface area contributed by atoms with Crippen LogP contribution in [0.25, 0.3) is 11.1 Å². The van der Waals surface area contributed by atoms with E-state index in [4.69, 9.17) is 19.3 Å². The van der Waals surface area contributed by atoms with E-state index >= 15 is 0 Å². The van der Waals surface area contributed by atoms with Gasteiger partial charge in [-0.15, -0.1) is 0 Å². The summed E-state index contributed by atoms with van der Waals surface area (Å²) in [4.78, 5) is 23.9. The van der Waals surface area contributed by atoms with Gasteiger partial charge in [-0.05, 0) is 64.1 Å². The summed E-state index contributed by atoms with van der Waals surface area (Å²) < 4.78 is 16.8. The highest BCUT2D eigenvalue weighted by atomic mass is 16.5. The van der Waals surface area contributed by atoms with Gasteiger partial charge in [-0.25, -0.2) is 4.79 Å². The summed E-state index contributed by atoms with van der Waals surface area (Å²) in [6, 6.07) is 30.9. The number of nitrogens with one attached hydrogen (secondary N) is 1. The molecule has 0 heterocycles. The van der Waals surface area contributed by atoms with Crippen LogP contribution in [-0.2, 0) is 9.53 Å². The van der Waals surface area contributed by atoms with Crippen molar-refractivity contribution in [3.63, 3.8) is 0 Å². The summed E-state index contributed by atoms with van der Waals surface area (Å²) in [5, 5.41) is 11.8. The first-order chi connectivity index (χ1) is 19.5. The van der Waals surface area contributed by atoms with E-state index in [0.29, 0.717) is 24.5 Å². The Morgan fingerprint density at radius 2 is 1.35 bits per heavy atom. The summed E-state index contributed by atoms with van der Waals surface area (Å²) in [6.45, 7) is 0.532. The van der Waals surface area contributed by atoms with Crippen LogP contribution in [0.2, 0.25) is 0 Å². The molecule has 1 amide bonds. The number of benzene rings is 4. The van der Waals surface area contributed by atoms with E-state index in [9.17, 15) is 9.59 Å². The lowest BCUT2D eigenvalue weighted by molar-refractivity contribution is -0.137. The zero-order chi connectivity index (χ0) is 27.9. The SMILES string of the molecule is COc1ccc(C(NC(=O)OCC2c3ccccc3-c3ccccc32)c2ccc(OCCCC(=O)O)cc2)cc1. The molecule has 0 fully saturated rings. The molecule has 0 saturated carbocycles. The Bertz CT molecular complexity index is 1420. The van der Waals surface area contributed by atoms with E-state index in [-0.39, 0.29) is 18.9 Å². The standard InChI is InChI=1S/C33H31NO6/c1-38-24-16-12-22(13-17-24)32(23-14-18-25(19-15-23)39-20-6-11-31(35)36)34-33(37)40-21-30-28-9-4-2-7-26(28)27-8-3-5-10-29(27)30/h2-5,7-10,12-19,30,32H,6,11,20-21H2,1H3,(H,34,37)(H,35,36). The first kappa shape index (κ1) is 26.8. The number of carbonyl (C=O) groups excluding carboxylic acids is 1. The summed E-state index contributed by atoms with van der Waals surface area (Å²) >= 11 is 0. The molecule has 5 rings (SSSR count). The fourth-order valence-corrected chi connectivity index (χ4v) is 5.08. The molecular formula is C33H31NO6. The monoisotopic (exact) mass is 537 g/mol. The minimum atomic E-state index is -0.847. The van der Waals surface area contributed by atoms with Crippen LogP contribution in [0.1, 0.15) is 47.1 Å². The molecule has 1 aliphatic rings. The lowest BCUT2D eigenvalue weighted by atomic mass is 9.98. The lowest BCUT2D eigenvalue weighted by Crippen LogP contribution is -2.31. The van der Waals surface area contributed by atoms with Gasteiger partial charge in [0.1, 0.15) is 18.1 Å². The second-order valence-electron chi connectivity index (χ2n) is 9.59. The predicted octanol–water partition coefficient (Wildman–Crippen LogP) is 6.57. The Hall–Kier alpha value is -4.78. The number of carbonyl (C=O) groups is 2. The molecule has 7 heteroatoms. The van der Waals surface area contributed by atoms with Crippen molar-refractivity contribution in [1.29, 1.82) is 0 Å². The first-order valence-corrected chi connectivity index (χ1v) is 13.2. The van der Waals surface area contributed by atoms with E-state index in [1.54, 1.807) is 7.11 Å². The molecule has 0 bridgehead atoms. The number of alkyl carbamates (subject to hydrolysis) is 1. The van der Waals surface area contributed by atoms with Crippen molar-refractivity contribution in [2.75, 3.05) is 20.3 Å². The number of aliphatic carboxylic acids is 1. The molecule has 4 aromatic carbocycles. The van der Waals surface area contributed by atoms with Crippen molar-refractivity contribution in [2.45, 2.75) is 24.8 Å². The fraction of sp³-hybridized carbons (Fsp3) is 0.212. The van der Waals surface area contributed by atoms with Crippen molar-refractivity contribution < 1.29 is 28.9 Å². The van der Waals surface area contributed by atoms with Crippen LogP contribution < -0.4 is 14.8 Å². The molecule has 7 nitrogen and oxygen atoms in total. The topological polar surface area (TPSA) is 94.1 Å². The van der Waals surface area contributed by atoms with E-state index < -0.39 is 18.1 Å². The van der Waals surface area contributed by atoms with E-state index in [2.05, 4.69) is 29.6 Å². The van der Waals surface area contributed by atoms with Crippen molar-refractivity contribution in [3.8, 4) is 22.6 Å². The molecule has 4 aromatic rings. The smallest absolute Gasteiger partial charge is 0.407 e. The number of fused-ring (bicyclic) bond motifs is 3. The molecule has 40 heavy (non-hydrogen) atoms. The maximum absolute atomic E-state index is 13.2. The van der Waals surface area contributed by atoms with E-state index in [1.165, 1.54) is 11.1 Å². The van der Waals surface area contributed by atoms with Crippen LogP contribution in [0, 0.1) is 0 Å². The number of amides is 1. The Kier molecular flexibility index (Phi) is 8.30. The third kappa shape index (κ3) is 6.10. The third-order valence-corrected chi connectivity index (χ3v) is 7.07. The number of ether oxygens (including phenoxy) is 3. The Morgan fingerprint density at radius 1 is 0.800 bits per heavy atom. The van der Waals surface area contributed by atoms with Gasteiger partial charge in [0.25, 0.3) is 0 Å². The Labute approximate surface area is 233 Å². The van der Waals surface area contributed by atoms with Crippen molar-refractivity contribution in [1.82, 2.24) is 5.32 Å². The third-order valence-electron chi connectivity index (χ3n) is 7.07. The largest absolute Gasteiger partial charge is 0.497 e. The lowest BCUT2D eigenvalue weighted by Gasteiger charge is -2.21. The van der Waals surface area contributed by atoms with Gasteiger partial charge >= 0.3 is 12.1 Å². The molecule has 1 unspecified atom stereocenters. The highest BCUT2D eigenvalue weighted by Crippen LogP contribution is 2.44. The van der Waals surface area contributed by atoms with Crippen LogP contribution in [0.15, 0.2) is 97.1 Å². The average Bonchev–Trinajstić information content (AvgIpc) is 3.31. The van der Waals surface area contributed by atoms with E-state index in [1.807, 2.05) is 72.8 Å². The molecule has 0 aromatic heterocycles. The number of rotatable bonds is 11. The number of carboxylic acids is 1. The summed E-state index contributed by atoms with van der Waals surface area (Å²) in [6.07, 6.45) is -0.0342. The normalized spacial score (nSPS) is 12.6. The summed E-state index contributed by atoms with van der Waals surface area (Å²) in [5.74, 6) is 0.466. The van der Waals surface area contributed by atoms with E-state index in [0.717, 1.165) is 22.3 Å². The number of carboxylic acid groups (broad SMARTS) is 1. The predicted molar refractivity (Wildman–Crippen MR) is 152 cm³/mol. The molecule has 2 N–H and O–H groups in total. The fourth-order valence-electron chi connectivity index (χ4n) is 5.08. The quantitative estimate of drug-likeness (QED) is 0.210. The van der Waals surface area contributed by atoms with Gasteiger partial charge in [-0.2, -0.15) is 0 Å². The second-order valence-corrected chi connectivity index (χ2v) is 9.59. The molecule has 0 aliphatic heterocycles. The van der Waals surface area contributed by atoms with Gasteiger partial charge in [0.15, 0.2) is 0 Å². The molecule has 0 radical (unpaired) electrons. The average molecular weight is 538 g/mol. The van der Waals surface area contributed by atoms with Crippen LogP contribution in [0.5, 0.6) is 11.5 Å². The molecule has 0 saturated heterocycles. The molecule has 1 aliphatic carbocycles.